The zero-order valence-corrected chi connectivity index (χ0v) is 19.3. The fraction of sp³-hybridized carbons (Fsp3) is 0.480. The summed E-state index contributed by atoms with van der Waals surface area (Å²) in [5.74, 6) is 2.43. The Bertz CT molecular complexity index is 1170. The van der Waals surface area contributed by atoms with Crippen molar-refractivity contribution in [3.8, 4) is 11.3 Å². The Morgan fingerprint density at radius 2 is 1.85 bits per heavy atom. The molecule has 34 heavy (non-hydrogen) atoms. The number of carbonyl (C=O) groups excluding carboxylic acids is 1. The summed E-state index contributed by atoms with van der Waals surface area (Å²) in [4.78, 5) is 31.5. The SMILES string of the molecule is O=C(C1CCCN1c1nc2c(c(Nc3cc(-c4ccncc4)[nH]n3)n1)CCC2)N1CCCCC1. The Morgan fingerprint density at radius 3 is 2.71 bits per heavy atom. The van der Waals surface area contributed by atoms with Crippen LogP contribution in [0.3, 0.4) is 0 Å². The molecule has 1 aliphatic carbocycles. The minimum Gasteiger partial charge on any atom is -0.341 e. The van der Waals surface area contributed by atoms with Crippen LogP contribution >= 0.6 is 0 Å². The van der Waals surface area contributed by atoms with Gasteiger partial charge < -0.3 is 15.1 Å². The quantitative estimate of drug-likeness (QED) is 0.603. The minimum atomic E-state index is -0.158. The van der Waals surface area contributed by atoms with Gasteiger partial charge in [-0.25, -0.2) is 4.98 Å². The highest BCUT2D eigenvalue weighted by molar-refractivity contribution is 5.85. The maximum absolute atomic E-state index is 13.3. The van der Waals surface area contributed by atoms with E-state index in [2.05, 4.69) is 25.4 Å². The molecule has 9 heteroatoms. The summed E-state index contributed by atoms with van der Waals surface area (Å²) in [6, 6.07) is 5.72. The van der Waals surface area contributed by atoms with E-state index in [0.717, 1.165) is 92.9 Å². The van der Waals surface area contributed by atoms with Gasteiger partial charge in [0.2, 0.25) is 11.9 Å². The molecule has 1 amide bonds. The van der Waals surface area contributed by atoms with Crippen LogP contribution in [-0.4, -0.2) is 61.6 Å². The van der Waals surface area contributed by atoms with Crippen molar-refractivity contribution in [2.24, 2.45) is 0 Å². The fourth-order valence-electron chi connectivity index (χ4n) is 5.43. The second kappa shape index (κ2) is 9.04. The number of nitrogens with zero attached hydrogens (tertiary/aromatic N) is 6. The van der Waals surface area contributed by atoms with Crippen LogP contribution in [0.25, 0.3) is 11.3 Å². The number of H-pyrrole nitrogens is 1. The van der Waals surface area contributed by atoms with Gasteiger partial charge in [-0.1, -0.05) is 0 Å². The fourth-order valence-corrected chi connectivity index (χ4v) is 5.43. The lowest BCUT2D eigenvalue weighted by Crippen LogP contribution is -2.48. The second-order valence-electron chi connectivity index (χ2n) is 9.42. The number of hydrogen-bond acceptors (Lipinski definition) is 7. The smallest absolute Gasteiger partial charge is 0.245 e. The highest BCUT2D eigenvalue weighted by Gasteiger charge is 2.36. The third-order valence-corrected chi connectivity index (χ3v) is 7.20. The standard InChI is InChI=1S/C25H30N8O/c34-24(32-13-2-1-3-14-32)21-8-5-15-33(21)25-27-19-7-4-6-18(19)23(29-25)28-22-16-20(30-31-22)17-9-11-26-12-10-17/h9-12,16,21H,1-8,13-15H2,(H2,27,28,29,30,31). The number of aromatic nitrogens is 5. The van der Waals surface area contributed by atoms with Crippen LogP contribution in [0.5, 0.6) is 0 Å². The first-order valence-corrected chi connectivity index (χ1v) is 12.4. The van der Waals surface area contributed by atoms with Crippen molar-refractivity contribution in [3.63, 3.8) is 0 Å². The van der Waals surface area contributed by atoms with Crippen molar-refractivity contribution in [3.05, 3.63) is 41.9 Å². The number of amides is 1. The Labute approximate surface area is 199 Å². The average Bonchev–Trinajstić information content (AvgIpc) is 3.65. The van der Waals surface area contributed by atoms with Crippen LogP contribution in [0.4, 0.5) is 17.6 Å². The Balaban J connectivity index is 1.27. The third kappa shape index (κ3) is 3.99. The monoisotopic (exact) mass is 458 g/mol. The highest BCUT2D eigenvalue weighted by Crippen LogP contribution is 2.33. The summed E-state index contributed by atoms with van der Waals surface area (Å²) in [5, 5.41) is 11.0. The average molecular weight is 459 g/mol. The van der Waals surface area contributed by atoms with Gasteiger partial charge in [0.05, 0.1) is 11.4 Å². The first-order chi connectivity index (χ1) is 16.8. The van der Waals surface area contributed by atoms with Crippen LogP contribution in [0.1, 0.15) is 49.8 Å². The molecule has 0 aromatic carbocycles. The number of likely N-dealkylation sites (tertiary alicyclic amines) is 1. The van der Waals surface area contributed by atoms with Gasteiger partial charge in [0.25, 0.3) is 0 Å². The first-order valence-electron chi connectivity index (χ1n) is 12.4. The number of rotatable bonds is 5. The van der Waals surface area contributed by atoms with Crippen LogP contribution in [0.2, 0.25) is 0 Å². The van der Waals surface area contributed by atoms with Gasteiger partial charge >= 0.3 is 0 Å². The molecular formula is C25H30N8O. The van der Waals surface area contributed by atoms with Gasteiger partial charge in [-0.3, -0.25) is 14.9 Å². The van der Waals surface area contributed by atoms with E-state index in [0.29, 0.717) is 11.8 Å². The van der Waals surface area contributed by atoms with Crippen molar-refractivity contribution in [1.82, 2.24) is 30.0 Å². The van der Waals surface area contributed by atoms with E-state index in [4.69, 9.17) is 9.97 Å². The highest BCUT2D eigenvalue weighted by atomic mass is 16.2. The summed E-state index contributed by atoms with van der Waals surface area (Å²) in [5.41, 5.74) is 4.20. The van der Waals surface area contributed by atoms with Crippen molar-refractivity contribution in [2.75, 3.05) is 29.9 Å². The topological polar surface area (TPSA) is 103 Å². The number of aryl methyl sites for hydroxylation is 1. The lowest BCUT2D eigenvalue weighted by molar-refractivity contribution is -0.133. The molecule has 3 aliphatic rings. The molecule has 6 rings (SSSR count). The number of fused-ring (bicyclic) bond motifs is 1. The molecule has 2 N–H and O–H groups in total. The van der Waals surface area contributed by atoms with Crippen molar-refractivity contribution < 1.29 is 4.79 Å². The lowest BCUT2D eigenvalue weighted by atomic mass is 10.1. The van der Waals surface area contributed by atoms with Gasteiger partial charge in [0.1, 0.15) is 11.9 Å². The molecule has 9 nitrogen and oxygen atoms in total. The van der Waals surface area contributed by atoms with Gasteiger partial charge in [-0.2, -0.15) is 10.1 Å². The van der Waals surface area contributed by atoms with E-state index < -0.39 is 0 Å². The maximum atomic E-state index is 13.3. The van der Waals surface area contributed by atoms with Crippen LogP contribution in [-0.2, 0) is 17.6 Å². The molecule has 3 aromatic heterocycles. The zero-order chi connectivity index (χ0) is 22.9. The molecule has 176 valence electrons. The number of carbonyl (C=O) groups is 1. The summed E-state index contributed by atoms with van der Waals surface area (Å²) in [6.45, 7) is 2.57. The Morgan fingerprint density at radius 1 is 1.00 bits per heavy atom. The van der Waals surface area contributed by atoms with Gasteiger partial charge in [-0.15, -0.1) is 0 Å². The van der Waals surface area contributed by atoms with Crippen LogP contribution in [0.15, 0.2) is 30.6 Å². The largest absolute Gasteiger partial charge is 0.341 e. The number of nitrogens with one attached hydrogen (secondary N) is 2. The molecule has 2 saturated heterocycles. The Hall–Kier alpha value is -3.49. The molecule has 0 spiro atoms. The zero-order valence-electron chi connectivity index (χ0n) is 19.3. The summed E-state index contributed by atoms with van der Waals surface area (Å²) < 4.78 is 0. The van der Waals surface area contributed by atoms with Crippen molar-refractivity contribution in [1.29, 1.82) is 0 Å². The van der Waals surface area contributed by atoms with E-state index in [-0.39, 0.29) is 11.9 Å². The first kappa shape index (κ1) is 21.1. The molecule has 3 aromatic rings. The molecule has 5 heterocycles. The predicted molar refractivity (Wildman–Crippen MR) is 130 cm³/mol. The van der Waals surface area contributed by atoms with Crippen molar-refractivity contribution >= 4 is 23.5 Å². The van der Waals surface area contributed by atoms with E-state index >= 15 is 0 Å². The van der Waals surface area contributed by atoms with Gasteiger partial charge in [0, 0.05) is 49.2 Å². The maximum Gasteiger partial charge on any atom is 0.245 e. The molecule has 1 atom stereocenters. The molecular weight excluding hydrogens is 428 g/mol. The predicted octanol–water partition coefficient (Wildman–Crippen LogP) is 3.48. The van der Waals surface area contributed by atoms with E-state index in [1.807, 2.05) is 23.1 Å². The summed E-state index contributed by atoms with van der Waals surface area (Å²) in [7, 11) is 0. The van der Waals surface area contributed by atoms with Gasteiger partial charge in [0.15, 0.2) is 5.82 Å². The molecule has 0 radical (unpaired) electrons. The summed E-state index contributed by atoms with van der Waals surface area (Å²) >= 11 is 0. The second-order valence-corrected chi connectivity index (χ2v) is 9.42. The molecule has 0 saturated carbocycles. The van der Waals surface area contributed by atoms with E-state index in [1.165, 1.54) is 6.42 Å². The van der Waals surface area contributed by atoms with Crippen LogP contribution < -0.4 is 10.2 Å². The number of hydrogen-bond donors (Lipinski definition) is 2. The van der Waals surface area contributed by atoms with Crippen molar-refractivity contribution in [2.45, 2.75) is 57.4 Å². The number of aromatic amines is 1. The number of piperidine rings is 1. The molecule has 1 unspecified atom stereocenters. The number of pyridine rings is 1. The van der Waals surface area contributed by atoms with Gasteiger partial charge in [-0.05, 0) is 63.5 Å². The lowest BCUT2D eigenvalue weighted by Gasteiger charge is -2.32. The van der Waals surface area contributed by atoms with Crippen LogP contribution in [0, 0.1) is 0 Å². The Kier molecular flexibility index (Phi) is 5.60. The van der Waals surface area contributed by atoms with E-state index in [1.54, 1.807) is 12.4 Å². The normalized spacial score (nSPS) is 19.9. The molecule has 2 fully saturated rings. The minimum absolute atomic E-state index is 0.158. The third-order valence-electron chi connectivity index (χ3n) is 7.20. The molecule has 0 bridgehead atoms. The molecule has 2 aliphatic heterocycles. The summed E-state index contributed by atoms with van der Waals surface area (Å²) in [6.07, 6.45) is 11.8. The van der Waals surface area contributed by atoms with E-state index in [9.17, 15) is 4.79 Å². The number of anilines is 3.